The van der Waals surface area contributed by atoms with Crippen molar-refractivity contribution >= 4 is 0 Å². The lowest BCUT2D eigenvalue weighted by molar-refractivity contribution is 0.0879. The second-order valence-corrected chi connectivity index (χ2v) is 6.66. The lowest BCUT2D eigenvalue weighted by Gasteiger charge is -2.44. The van der Waals surface area contributed by atoms with E-state index in [-0.39, 0.29) is 5.54 Å². The number of unbranched alkanes of at least 4 members (excludes halogenated alkanes) is 1. The maximum absolute atomic E-state index is 6.65. The van der Waals surface area contributed by atoms with Gasteiger partial charge in [0.2, 0.25) is 0 Å². The Kier molecular flexibility index (Phi) is 7.38. The quantitative estimate of drug-likeness (QED) is 0.679. The molecule has 0 aromatic carbocycles. The number of rotatable bonds is 9. The average Bonchev–Trinajstić information content (AvgIpc) is 2.96. The molecule has 0 bridgehead atoms. The molecule has 2 N–H and O–H groups in total. The van der Waals surface area contributed by atoms with Gasteiger partial charge in [-0.15, -0.1) is 0 Å². The lowest BCUT2D eigenvalue weighted by Crippen LogP contribution is -2.57. The number of nitrogens with zero attached hydrogens (tertiary/aromatic N) is 1. The maximum atomic E-state index is 6.65. The Hall–Kier alpha value is -0.0800. The van der Waals surface area contributed by atoms with Gasteiger partial charge in [0.05, 0.1) is 0 Å². The average molecular weight is 268 g/mol. The first-order valence-corrected chi connectivity index (χ1v) is 8.59. The van der Waals surface area contributed by atoms with Gasteiger partial charge in [-0.2, -0.15) is 0 Å². The van der Waals surface area contributed by atoms with E-state index < -0.39 is 0 Å². The Bertz CT molecular complexity index is 235. The largest absolute Gasteiger partial charge is 0.326 e. The van der Waals surface area contributed by atoms with E-state index in [2.05, 4.69) is 32.6 Å². The SMILES string of the molecule is CCCCC(CC)CC(N)C(C)(CC)N1CCCC1. The van der Waals surface area contributed by atoms with Crippen LogP contribution in [0.15, 0.2) is 0 Å². The van der Waals surface area contributed by atoms with E-state index in [0.717, 1.165) is 5.92 Å². The van der Waals surface area contributed by atoms with Crippen molar-refractivity contribution < 1.29 is 0 Å². The van der Waals surface area contributed by atoms with E-state index in [9.17, 15) is 0 Å². The minimum Gasteiger partial charge on any atom is -0.326 e. The fourth-order valence-corrected chi connectivity index (χ4v) is 3.54. The zero-order chi connectivity index (χ0) is 14.3. The summed E-state index contributed by atoms with van der Waals surface area (Å²) in [4.78, 5) is 2.66. The molecule has 0 aromatic heterocycles. The van der Waals surface area contributed by atoms with Crippen LogP contribution in [0.25, 0.3) is 0 Å². The van der Waals surface area contributed by atoms with Crippen molar-refractivity contribution in [3.05, 3.63) is 0 Å². The maximum Gasteiger partial charge on any atom is 0.0329 e. The van der Waals surface area contributed by atoms with Crippen molar-refractivity contribution in [2.24, 2.45) is 11.7 Å². The van der Waals surface area contributed by atoms with Crippen LogP contribution in [0.4, 0.5) is 0 Å². The van der Waals surface area contributed by atoms with Crippen LogP contribution >= 0.6 is 0 Å². The molecular weight excluding hydrogens is 232 g/mol. The summed E-state index contributed by atoms with van der Waals surface area (Å²) in [6.07, 6.45) is 10.4. The van der Waals surface area contributed by atoms with Gasteiger partial charge in [0.25, 0.3) is 0 Å². The second-order valence-electron chi connectivity index (χ2n) is 6.66. The van der Waals surface area contributed by atoms with Gasteiger partial charge in [-0.05, 0) is 51.6 Å². The first-order chi connectivity index (χ1) is 9.08. The molecule has 1 fully saturated rings. The third-order valence-corrected chi connectivity index (χ3v) is 5.47. The van der Waals surface area contributed by atoms with Gasteiger partial charge in [0.1, 0.15) is 0 Å². The normalized spacial score (nSPS) is 23.2. The van der Waals surface area contributed by atoms with Crippen molar-refractivity contribution in [2.45, 2.75) is 90.6 Å². The Morgan fingerprint density at radius 1 is 1.16 bits per heavy atom. The van der Waals surface area contributed by atoms with E-state index >= 15 is 0 Å². The zero-order valence-electron chi connectivity index (χ0n) is 13.8. The molecule has 1 saturated heterocycles. The van der Waals surface area contributed by atoms with Crippen LogP contribution in [0.5, 0.6) is 0 Å². The molecular formula is C17H36N2. The standard InChI is InChI=1S/C17H36N2/c1-5-8-11-15(6-2)14-16(18)17(4,7-3)19-12-9-10-13-19/h15-16H,5-14,18H2,1-4H3. The fraction of sp³-hybridized carbons (Fsp3) is 1.00. The van der Waals surface area contributed by atoms with E-state index in [0.29, 0.717) is 6.04 Å². The summed E-state index contributed by atoms with van der Waals surface area (Å²) in [5.41, 5.74) is 6.87. The van der Waals surface area contributed by atoms with E-state index in [1.807, 2.05) is 0 Å². The number of nitrogens with two attached hydrogens (primary N) is 1. The Morgan fingerprint density at radius 3 is 2.26 bits per heavy atom. The first-order valence-electron chi connectivity index (χ1n) is 8.59. The summed E-state index contributed by atoms with van der Waals surface area (Å²) in [6.45, 7) is 11.8. The molecule has 0 amide bonds. The number of hydrogen-bond donors (Lipinski definition) is 1. The Morgan fingerprint density at radius 2 is 1.79 bits per heavy atom. The molecule has 0 spiro atoms. The molecule has 2 heteroatoms. The van der Waals surface area contributed by atoms with Gasteiger partial charge >= 0.3 is 0 Å². The molecule has 2 nitrogen and oxygen atoms in total. The third-order valence-electron chi connectivity index (χ3n) is 5.47. The summed E-state index contributed by atoms with van der Waals surface area (Å²) in [7, 11) is 0. The summed E-state index contributed by atoms with van der Waals surface area (Å²) >= 11 is 0. The molecule has 3 atom stereocenters. The van der Waals surface area contributed by atoms with Crippen molar-refractivity contribution in [3.63, 3.8) is 0 Å². The smallest absolute Gasteiger partial charge is 0.0329 e. The predicted molar refractivity (Wildman–Crippen MR) is 85.4 cm³/mol. The van der Waals surface area contributed by atoms with Gasteiger partial charge in [0.15, 0.2) is 0 Å². The molecule has 0 saturated carbocycles. The van der Waals surface area contributed by atoms with Crippen LogP contribution in [-0.2, 0) is 0 Å². The Balaban J connectivity index is 2.58. The zero-order valence-corrected chi connectivity index (χ0v) is 13.8. The highest BCUT2D eigenvalue weighted by molar-refractivity contribution is 4.96. The topological polar surface area (TPSA) is 29.3 Å². The molecule has 0 aromatic rings. The number of likely N-dealkylation sites (tertiary alicyclic amines) is 1. The monoisotopic (exact) mass is 268 g/mol. The summed E-state index contributed by atoms with van der Waals surface area (Å²) in [5, 5.41) is 0. The molecule has 1 aliphatic rings. The van der Waals surface area contributed by atoms with Crippen LogP contribution in [-0.4, -0.2) is 29.6 Å². The fourth-order valence-electron chi connectivity index (χ4n) is 3.54. The number of hydrogen-bond acceptors (Lipinski definition) is 2. The highest BCUT2D eigenvalue weighted by Crippen LogP contribution is 2.31. The molecule has 1 aliphatic heterocycles. The summed E-state index contributed by atoms with van der Waals surface area (Å²) in [5.74, 6) is 0.823. The third kappa shape index (κ3) is 4.46. The highest BCUT2D eigenvalue weighted by Gasteiger charge is 2.37. The molecule has 1 rings (SSSR count). The highest BCUT2D eigenvalue weighted by atomic mass is 15.2. The minimum absolute atomic E-state index is 0.218. The molecule has 3 unspecified atom stereocenters. The van der Waals surface area contributed by atoms with Crippen molar-refractivity contribution in [3.8, 4) is 0 Å². The first kappa shape index (κ1) is 17.0. The van der Waals surface area contributed by atoms with E-state index in [1.54, 1.807) is 0 Å². The second kappa shape index (κ2) is 8.26. The Labute approximate surface area is 121 Å². The van der Waals surface area contributed by atoms with Crippen LogP contribution in [0.2, 0.25) is 0 Å². The van der Waals surface area contributed by atoms with Crippen LogP contribution in [0.3, 0.4) is 0 Å². The van der Waals surface area contributed by atoms with Gasteiger partial charge < -0.3 is 5.73 Å². The van der Waals surface area contributed by atoms with E-state index in [4.69, 9.17) is 5.73 Å². The van der Waals surface area contributed by atoms with Gasteiger partial charge in [-0.25, -0.2) is 0 Å². The lowest BCUT2D eigenvalue weighted by atomic mass is 9.80. The van der Waals surface area contributed by atoms with Crippen molar-refractivity contribution in [1.82, 2.24) is 4.90 Å². The van der Waals surface area contributed by atoms with E-state index in [1.165, 1.54) is 64.5 Å². The molecule has 19 heavy (non-hydrogen) atoms. The van der Waals surface area contributed by atoms with Crippen LogP contribution in [0.1, 0.15) is 79.1 Å². The van der Waals surface area contributed by atoms with Crippen molar-refractivity contribution in [2.75, 3.05) is 13.1 Å². The predicted octanol–water partition coefficient (Wildman–Crippen LogP) is 4.18. The van der Waals surface area contributed by atoms with Crippen LogP contribution in [0, 0.1) is 5.92 Å². The summed E-state index contributed by atoms with van der Waals surface area (Å²) < 4.78 is 0. The van der Waals surface area contributed by atoms with Crippen LogP contribution < -0.4 is 5.73 Å². The molecule has 114 valence electrons. The molecule has 0 radical (unpaired) electrons. The van der Waals surface area contributed by atoms with Gasteiger partial charge in [-0.3, -0.25) is 4.90 Å². The summed E-state index contributed by atoms with van der Waals surface area (Å²) in [6, 6.07) is 0.331. The molecule has 1 heterocycles. The molecule has 0 aliphatic carbocycles. The minimum atomic E-state index is 0.218. The van der Waals surface area contributed by atoms with Gasteiger partial charge in [-0.1, -0.05) is 46.5 Å². The van der Waals surface area contributed by atoms with Gasteiger partial charge in [0, 0.05) is 11.6 Å². The van der Waals surface area contributed by atoms with Crippen molar-refractivity contribution in [1.29, 1.82) is 0 Å².